The molecule has 0 fully saturated rings. The minimum Gasteiger partial charge on any atom is -0.354 e. The Bertz CT molecular complexity index is 590. The van der Waals surface area contributed by atoms with Gasteiger partial charge in [0, 0.05) is 25.9 Å². The van der Waals surface area contributed by atoms with Gasteiger partial charge in [-0.05, 0) is 38.5 Å². The van der Waals surface area contributed by atoms with Crippen molar-refractivity contribution in [1.29, 1.82) is 0 Å². The van der Waals surface area contributed by atoms with Gasteiger partial charge < -0.3 is 10.6 Å². The second kappa shape index (κ2) is 35.9. The van der Waals surface area contributed by atoms with Crippen molar-refractivity contribution in [2.24, 2.45) is 0 Å². The van der Waals surface area contributed by atoms with Crippen molar-refractivity contribution in [1.82, 2.24) is 10.6 Å². The lowest BCUT2D eigenvalue weighted by Crippen LogP contribution is -2.34. The minimum atomic E-state index is 0.115. The van der Waals surface area contributed by atoms with Crippen molar-refractivity contribution < 1.29 is 9.59 Å². The van der Waals surface area contributed by atoms with Gasteiger partial charge in [-0.2, -0.15) is 0 Å². The molecule has 0 aliphatic heterocycles. The van der Waals surface area contributed by atoms with Crippen LogP contribution < -0.4 is 10.6 Å². The predicted octanol–water partition coefficient (Wildman–Crippen LogP) is 11.5. The molecule has 0 aromatic rings. The third-order valence-electron chi connectivity index (χ3n) is 8.44. The molecule has 0 atom stereocenters. The summed E-state index contributed by atoms with van der Waals surface area (Å²) in [6, 6.07) is 0. The first kappa shape index (κ1) is 40.7. The first-order chi connectivity index (χ1) is 20.7. The molecule has 0 heterocycles. The third kappa shape index (κ3) is 34.9. The third-order valence-corrected chi connectivity index (χ3v) is 8.44. The van der Waals surface area contributed by atoms with Gasteiger partial charge in [-0.1, -0.05) is 167 Å². The minimum absolute atomic E-state index is 0.115. The molecular formula is C38H74N2O2. The molecule has 0 saturated carbocycles. The Morgan fingerprint density at radius 1 is 0.381 bits per heavy atom. The van der Waals surface area contributed by atoms with E-state index < -0.39 is 0 Å². The van der Waals surface area contributed by atoms with Crippen molar-refractivity contribution in [3.63, 3.8) is 0 Å². The van der Waals surface area contributed by atoms with Crippen LogP contribution in [0.1, 0.15) is 206 Å². The zero-order chi connectivity index (χ0) is 30.6. The summed E-state index contributed by atoms with van der Waals surface area (Å²) in [7, 11) is 0. The van der Waals surface area contributed by atoms with E-state index in [-0.39, 0.29) is 11.8 Å². The van der Waals surface area contributed by atoms with E-state index in [1.807, 2.05) is 0 Å². The Labute approximate surface area is 263 Å². The number of hydrogen-bond acceptors (Lipinski definition) is 2. The molecule has 0 aliphatic rings. The van der Waals surface area contributed by atoms with Crippen LogP contribution in [0.25, 0.3) is 0 Å². The van der Waals surface area contributed by atoms with Gasteiger partial charge in [0.05, 0.1) is 0 Å². The number of carbonyl (C=O) groups excluding carboxylic acids is 2. The van der Waals surface area contributed by atoms with Crippen LogP contribution in [-0.2, 0) is 9.59 Å². The Hall–Kier alpha value is -1.32. The highest BCUT2D eigenvalue weighted by Gasteiger charge is 2.03. The molecule has 0 rings (SSSR count). The molecule has 0 saturated heterocycles. The fraction of sp³-hybridized carbons (Fsp3) is 0.895. The molecule has 0 bridgehead atoms. The molecule has 0 unspecified atom stereocenters. The largest absolute Gasteiger partial charge is 0.354 e. The maximum atomic E-state index is 12.0. The molecular weight excluding hydrogens is 516 g/mol. The van der Waals surface area contributed by atoms with Crippen molar-refractivity contribution in [3.8, 4) is 0 Å². The lowest BCUT2D eigenvalue weighted by molar-refractivity contribution is -0.123. The average molecular weight is 591 g/mol. The first-order valence-electron chi connectivity index (χ1n) is 18.9. The van der Waals surface area contributed by atoms with E-state index in [0.29, 0.717) is 25.9 Å². The van der Waals surface area contributed by atoms with Crippen LogP contribution in [0.5, 0.6) is 0 Å². The number of hydrogen-bond donors (Lipinski definition) is 2. The highest BCUT2D eigenvalue weighted by atomic mass is 16.2. The van der Waals surface area contributed by atoms with Crippen LogP contribution in [0, 0.1) is 0 Å². The zero-order valence-corrected chi connectivity index (χ0v) is 28.6. The van der Waals surface area contributed by atoms with Crippen LogP contribution >= 0.6 is 0 Å². The first-order valence-corrected chi connectivity index (χ1v) is 18.9. The van der Waals surface area contributed by atoms with Crippen molar-refractivity contribution in [3.05, 3.63) is 12.2 Å². The standard InChI is InChI=1S/C38H74N2O2/c1-3-5-7-9-11-13-15-17-19-21-23-25-27-29-31-33-37(41)39-35-36-40-38(42)34-32-30-28-26-24-22-20-18-16-14-12-10-8-6-4-2/h17,19H,3-16,18,20-36H2,1-2H3,(H,39,41)(H,40,42)/b19-17-. The monoisotopic (exact) mass is 591 g/mol. The average Bonchev–Trinajstić information content (AvgIpc) is 2.99. The number of nitrogens with one attached hydrogen (secondary N) is 2. The molecule has 0 aromatic carbocycles. The van der Waals surface area contributed by atoms with Gasteiger partial charge >= 0.3 is 0 Å². The Balaban J connectivity index is 3.30. The summed E-state index contributed by atoms with van der Waals surface area (Å²) >= 11 is 0. The lowest BCUT2D eigenvalue weighted by atomic mass is 10.0. The van der Waals surface area contributed by atoms with Crippen LogP contribution in [0.4, 0.5) is 0 Å². The molecule has 0 aromatic heterocycles. The van der Waals surface area contributed by atoms with E-state index in [1.54, 1.807) is 0 Å². The molecule has 0 aliphatic carbocycles. The summed E-state index contributed by atoms with van der Waals surface area (Å²) in [5, 5.41) is 5.90. The lowest BCUT2D eigenvalue weighted by Gasteiger charge is -2.07. The van der Waals surface area contributed by atoms with Gasteiger partial charge in [-0.25, -0.2) is 0 Å². The molecule has 2 N–H and O–H groups in total. The molecule has 42 heavy (non-hydrogen) atoms. The Kier molecular flexibility index (Phi) is 34.7. The van der Waals surface area contributed by atoms with Crippen LogP contribution in [0.15, 0.2) is 12.2 Å². The normalized spacial score (nSPS) is 11.4. The second-order valence-electron chi connectivity index (χ2n) is 12.7. The van der Waals surface area contributed by atoms with Gasteiger partial charge in [-0.15, -0.1) is 0 Å². The van der Waals surface area contributed by atoms with Crippen molar-refractivity contribution in [2.45, 2.75) is 206 Å². The number of allylic oxidation sites excluding steroid dienone is 2. The van der Waals surface area contributed by atoms with Gasteiger partial charge in [0.15, 0.2) is 0 Å². The summed E-state index contributed by atoms with van der Waals surface area (Å²) in [5.41, 5.74) is 0. The van der Waals surface area contributed by atoms with Gasteiger partial charge in [0.25, 0.3) is 0 Å². The summed E-state index contributed by atoms with van der Waals surface area (Å²) < 4.78 is 0. The summed E-state index contributed by atoms with van der Waals surface area (Å²) in [5.74, 6) is 0.237. The Morgan fingerprint density at radius 2 is 0.643 bits per heavy atom. The number of unbranched alkanes of at least 4 members (excludes halogenated alkanes) is 25. The molecule has 0 radical (unpaired) electrons. The maximum absolute atomic E-state index is 12.0. The number of rotatable bonds is 34. The summed E-state index contributed by atoms with van der Waals surface area (Å²) in [4.78, 5) is 24.0. The van der Waals surface area contributed by atoms with E-state index in [1.165, 1.54) is 154 Å². The molecule has 2 amide bonds. The van der Waals surface area contributed by atoms with E-state index in [2.05, 4.69) is 36.6 Å². The van der Waals surface area contributed by atoms with E-state index >= 15 is 0 Å². The fourth-order valence-electron chi connectivity index (χ4n) is 5.59. The summed E-state index contributed by atoms with van der Waals surface area (Å²) in [6.45, 7) is 5.62. The molecule has 0 spiro atoms. The van der Waals surface area contributed by atoms with Crippen LogP contribution in [0.2, 0.25) is 0 Å². The zero-order valence-electron chi connectivity index (χ0n) is 28.6. The fourth-order valence-corrected chi connectivity index (χ4v) is 5.59. The maximum Gasteiger partial charge on any atom is 0.220 e. The number of carbonyl (C=O) groups is 2. The van der Waals surface area contributed by atoms with Gasteiger partial charge in [0.2, 0.25) is 11.8 Å². The highest BCUT2D eigenvalue weighted by Crippen LogP contribution is 2.14. The van der Waals surface area contributed by atoms with E-state index in [4.69, 9.17) is 0 Å². The van der Waals surface area contributed by atoms with Crippen LogP contribution in [-0.4, -0.2) is 24.9 Å². The smallest absolute Gasteiger partial charge is 0.220 e. The quantitative estimate of drug-likeness (QED) is 0.0578. The Morgan fingerprint density at radius 3 is 0.952 bits per heavy atom. The van der Waals surface area contributed by atoms with E-state index in [0.717, 1.165) is 25.7 Å². The van der Waals surface area contributed by atoms with Gasteiger partial charge in [0.1, 0.15) is 0 Å². The second-order valence-corrected chi connectivity index (χ2v) is 12.7. The van der Waals surface area contributed by atoms with Crippen molar-refractivity contribution >= 4 is 11.8 Å². The van der Waals surface area contributed by atoms with Gasteiger partial charge in [-0.3, -0.25) is 9.59 Å². The summed E-state index contributed by atoms with van der Waals surface area (Å²) in [6.07, 6.45) is 42.5. The van der Waals surface area contributed by atoms with Crippen LogP contribution in [0.3, 0.4) is 0 Å². The predicted molar refractivity (Wildman–Crippen MR) is 185 cm³/mol. The highest BCUT2D eigenvalue weighted by molar-refractivity contribution is 5.77. The SMILES string of the molecule is CCCCCCCC/C=C\CCCCCCCC(=O)NCCNC(=O)CCCCCCCCCCCCCCCCC. The number of amides is 2. The topological polar surface area (TPSA) is 58.2 Å². The molecule has 4 nitrogen and oxygen atoms in total. The van der Waals surface area contributed by atoms with Crippen molar-refractivity contribution in [2.75, 3.05) is 13.1 Å². The molecule has 248 valence electrons. The van der Waals surface area contributed by atoms with E-state index in [9.17, 15) is 9.59 Å². The molecule has 4 heteroatoms.